The Hall–Kier alpha value is -1.06. The van der Waals surface area contributed by atoms with Crippen molar-refractivity contribution in [2.45, 2.75) is 19.9 Å². The lowest BCUT2D eigenvalue weighted by Gasteiger charge is -2.13. The van der Waals surface area contributed by atoms with Gasteiger partial charge in [0.1, 0.15) is 0 Å². The predicted octanol–water partition coefficient (Wildman–Crippen LogP) is 3.10. The molecule has 1 aromatic rings. The van der Waals surface area contributed by atoms with Crippen LogP contribution in [-0.4, -0.2) is 16.6 Å². The van der Waals surface area contributed by atoms with Crippen LogP contribution in [-0.2, 0) is 11.3 Å². The molecule has 1 heterocycles. The first-order valence-corrected chi connectivity index (χ1v) is 5.61. The molecule has 1 aromatic carbocycles. The maximum atomic E-state index is 11.5. The van der Waals surface area contributed by atoms with E-state index in [1.54, 1.807) is 18.2 Å². The normalized spacial score (nSPS) is 15.6. The molecule has 0 aliphatic carbocycles. The number of amides is 1. The van der Waals surface area contributed by atoms with Crippen LogP contribution in [0.2, 0.25) is 10.0 Å². The van der Waals surface area contributed by atoms with Crippen molar-refractivity contribution in [2.75, 3.05) is 0 Å². The highest BCUT2D eigenvalue weighted by atomic mass is 35.5. The van der Waals surface area contributed by atoms with Crippen LogP contribution in [0.15, 0.2) is 23.3 Å². The van der Waals surface area contributed by atoms with E-state index in [9.17, 15) is 4.79 Å². The van der Waals surface area contributed by atoms with E-state index in [2.05, 4.69) is 5.10 Å². The smallest absolute Gasteiger partial charge is 0.248 e. The van der Waals surface area contributed by atoms with Crippen LogP contribution < -0.4 is 0 Å². The molecular formula is C11H10Cl2N2O. The lowest BCUT2D eigenvalue weighted by molar-refractivity contribution is -0.129. The van der Waals surface area contributed by atoms with Gasteiger partial charge in [0.2, 0.25) is 5.91 Å². The van der Waals surface area contributed by atoms with E-state index in [-0.39, 0.29) is 5.91 Å². The number of hydrazone groups is 1. The molecule has 2 rings (SSSR count). The molecule has 0 N–H and O–H groups in total. The highest BCUT2D eigenvalue weighted by molar-refractivity contribution is 6.36. The minimum absolute atomic E-state index is 0.0199. The van der Waals surface area contributed by atoms with Crippen molar-refractivity contribution in [1.29, 1.82) is 0 Å². The van der Waals surface area contributed by atoms with E-state index in [1.807, 2.05) is 6.92 Å². The molecule has 0 spiro atoms. The van der Waals surface area contributed by atoms with E-state index in [4.69, 9.17) is 23.2 Å². The number of carbonyl (C=O) groups excluding carboxylic acids is 1. The molecule has 0 aromatic heterocycles. The average molecular weight is 257 g/mol. The molecule has 1 aliphatic rings. The summed E-state index contributed by atoms with van der Waals surface area (Å²) in [6.07, 6.45) is 0.377. The molecule has 0 saturated carbocycles. The van der Waals surface area contributed by atoms with E-state index < -0.39 is 0 Å². The second-order valence-corrected chi connectivity index (χ2v) is 4.48. The Morgan fingerprint density at radius 1 is 1.38 bits per heavy atom. The molecule has 0 unspecified atom stereocenters. The van der Waals surface area contributed by atoms with Gasteiger partial charge in [0.05, 0.1) is 13.0 Å². The zero-order valence-electron chi connectivity index (χ0n) is 8.70. The number of carbonyl (C=O) groups is 1. The van der Waals surface area contributed by atoms with Gasteiger partial charge in [-0.25, -0.2) is 5.01 Å². The Kier molecular flexibility index (Phi) is 3.17. The fourth-order valence-corrected chi connectivity index (χ4v) is 2.08. The minimum atomic E-state index is -0.0199. The monoisotopic (exact) mass is 256 g/mol. The van der Waals surface area contributed by atoms with E-state index in [0.29, 0.717) is 23.0 Å². The minimum Gasteiger partial charge on any atom is -0.273 e. The summed E-state index contributed by atoms with van der Waals surface area (Å²) in [7, 11) is 0. The van der Waals surface area contributed by atoms with Gasteiger partial charge in [-0.15, -0.1) is 0 Å². The molecule has 0 radical (unpaired) electrons. The highest BCUT2D eigenvalue weighted by Gasteiger charge is 2.22. The summed E-state index contributed by atoms with van der Waals surface area (Å²) < 4.78 is 0. The van der Waals surface area contributed by atoms with Gasteiger partial charge in [-0.2, -0.15) is 5.10 Å². The summed E-state index contributed by atoms with van der Waals surface area (Å²) in [5.74, 6) is -0.0199. The zero-order chi connectivity index (χ0) is 11.7. The third-order valence-corrected chi connectivity index (χ3v) is 3.06. The molecule has 16 heavy (non-hydrogen) atoms. The molecular weight excluding hydrogens is 247 g/mol. The third-order valence-electron chi connectivity index (χ3n) is 2.36. The predicted molar refractivity (Wildman–Crippen MR) is 64.7 cm³/mol. The molecule has 5 heteroatoms. The van der Waals surface area contributed by atoms with Crippen LogP contribution in [0.1, 0.15) is 18.9 Å². The summed E-state index contributed by atoms with van der Waals surface area (Å²) in [6.45, 7) is 2.15. The highest BCUT2D eigenvalue weighted by Crippen LogP contribution is 2.26. The van der Waals surface area contributed by atoms with Crippen molar-refractivity contribution >= 4 is 34.8 Å². The van der Waals surface area contributed by atoms with E-state index in [0.717, 1.165) is 11.3 Å². The summed E-state index contributed by atoms with van der Waals surface area (Å²) in [4.78, 5) is 11.5. The van der Waals surface area contributed by atoms with Gasteiger partial charge in [-0.3, -0.25) is 4.79 Å². The van der Waals surface area contributed by atoms with Gasteiger partial charge in [0, 0.05) is 21.3 Å². The third kappa shape index (κ3) is 2.20. The Morgan fingerprint density at radius 3 is 2.50 bits per heavy atom. The van der Waals surface area contributed by atoms with E-state index >= 15 is 0 Å². The zero-order valence-corrected chi connectivity index (χ0v) is 10.2. The Labute approximate surface area is 104 Å². The van der Waals surface area contributed by atoms with Gasteiger partial charge < -0.3 is 0 Å². The van der Waals surface area contributed by atoms with Gasteiger partial charge in [-0.1, -0.05) is 29.3 Å². The quantitative estimate of drug-likeness (QED) is 0.801. The standard InChI is InChI=1S/C11H10Cl2N2O/c1-7-5-11(16)15(14-7)6-8-9(12)3-2-4-10(8)13/h2-4H,5-6H2,1H3. The Morgan fingerprint density at radius 2 is 2.00 bits per heavy atom. The van der Waals surface area contributed by atoms with Crippen molar-refractivity contribution in [3.63, 3.8) is 0 Å². The van der Waals surface area contributed by atoms with Gasteiger partial charge in [0.25, 0.3) is 0 Å². The number of hydrogen-bond acceptors (Lipinski definition) is 2. The summed E-state index contributed by atoms with van der Waals surface area (Å²) in [5, 5.41) is 6.65. The number of halogens is 2. The fourth-order valence-electron chi connectivity index (χ4n) is 1.56. The maximum Gasteiger partial charge on any atom is 0.248 e. The average Bonchev–Trinajstić information content (AvgIpc) is 2.51. The summed E-state index contributed by atoms with van der Waals surface area (Å²) >= 11 is 12.0. The first-order chi connectivity index (χ1) is 7.58. The van der Waals surface area contributed by atoms with Crippen LogP contribution in [0.3, 0.4) is 0 Å². The van der Waals surface area contributed by atoms with Crippen LogP contribution in [0.4, 0.5) is 0 Å². The summed E-state index contributed by atoms with van der Waals surface area (Å²) in [6, 6.07) is 5.27. The first-order valence-electron chi connectivity index (χ1n) is 4.85. The second kappa shape index (κ2) is 4.44. The van der Waals surface area contributed by atoms with Crippen molar-refractivity contribution < 1.29 is 4.79 Å². The van der Waals surface area contributed by atoms with Crippen molar-refractivity contribution in [3.8, 4) is 0 Å². The number of nitrogens with zero attached hydrogens (tertiary/aromatic N) is 2. The largest absolute Gasteiger partial charge is 0.273 e. The summed E-state index contributed by atoms with van der Waals surface area (Å²) in [5.41, 5.74) is 1.55. The van der Waals surface area contributed by atoms with Crippen LogP contribution in [0, 0.1) is 0 Å². The number of rotatable bonds is 2. The van der Waals surface area contributed by atoms with Crippen LogP contribution in [0.5, 0.6) is 0 Å². The molecule has 0 bridgehead atoms. The molecule has 84 valence electrons. The molecule has 1 amide bonds. The van der Waals surface area contributed by atoms with Gasteiger partial charge in [-0.05, 0) is 19.1 Å². The van der Waals surface area contributed by atoms with Crippen molar-refractivity contribution in [1.82, 2.24) is 5.01 Å². The lowest BCUT2D eigenvalue weighted by Crippen LogP contribution is -2.20. The van der Waals surface area contributed by atoms with Crippen molar-refractivity contribution in [2.24, 2.45) is 5.10 Å². The number of benzene rings is 1. The van der Waals surface area contributed by atoms with Crippen LogP contribution in [0.25, 0.3) is 0 Å². The first kappa shape index (κ1) is 11.4. The number of hydrogen-bond donors (Lipinski definition) is 0. The second-order valence-electron chi connectivity index (χ2n) is 3.66. The van der Waals surface area contributed by atoms with Gasteiger partial charge >= 0.3 is 0 Å². The van der Waals surface area contributed by atoms with Gasteiger partial charge in [0.15, 0.2) is 0 Å². The molecule has 3 nitrogen and oxygen atoms in total. The maximum absolute atomic E-state index is 11.5. The molecule has 0 atom stereocenters. The molecule has 1 aliphatic heterocycles. The Balaban J connectivity index is 2.25. The van der Waals surface area contributed by atoms with Crippen molar-refractivity contribution in [3.05, 3.63) is 33.8 Å². The van der Waals surface area contributed by atoms with Crippen LogP contribution >= 0.6 is 23.2 Å². The van der Waals surface area contributed by atoms with E-state index in [1.165, 1.54) is 5.01 Å². The molecule has 0 fully saturated rings. The molecule has 0 saturated heterocycles. The Bertz CT molecular complexity index is 451. The SMILES string of the molecule is CC1=NN(Cc2c(Cl)cccc2Cl)C(=O)C1. The lowest BCUT2D eigenvalue weighted by atomic mass is 10.2. The fraction of sp³-hybridized carbons (Fsp3) is 0.273. The topological polar surface area (TPSA) is 32.7 Å².